The smallest absolute Gasteiger partial charge is 0.308 e. The normalized spacial score (nSPS) is 17.2. The Morgan fingerprint density at radius 2 is 2.15 bits per heavy atom. The van der Waals surface area contributed by atoms with Gasteiger partial charge in [0.05, 0.1) is 30.5 Å². The number of hydrogen-bond donors (Lipinski definition) is 1. The summed E-state index contributed by atoms with van der Waals surface area (Å²) in [6, 6.07) is 3.39. The van der Waals surface area contributed by atoms with Crippen LogP contribution in [-0.2, 0) is 11.2 Å². The van der Waals surface area contributed by atoms with Gasteiger partial charge in [-0.05, 0) is 25.3 Å². The number of methoxy groups -OCH3 is 1. The molecule has 1 N–H and O–H groups in total. The van der Waals surface area contributed by atoms with Crippen LogP contribution >= 0.6 is 0 Å². The minimum absolute atomic E-state index is 0.194. The molecule has 9 nitrogen and oxygen atoms in total. The summed E-state index contributed by atoms with van der Waals surface area (Å²) in [5.74, 6) is -0.685. The number of aliphatic carboxylic acids is 1. The van der Waals surface area contributed by atoms with Crippen molar-refractivity contribution in [1.82, 2.24) is 24.9 Å². The van der Waals surface area contributed by atoms with Crippen molar-refractivity contribution in [1.29, 1.82) is 0 Å². The lowest BCUT2D eigenvalue weighted by Gasteiger charge is -2.30. The molecule has 0 radical (unpaired) electrons. The summed E-state index contributed by atoms with van der Waals surface area (Å²) in [5, 5.41) is 21.5. The van der Waals surface area contributed by atoms with Crippen LogP contribution in [0.5, 0.6) is 5.88 Å². The third-order valence-corrected chi connectivity index (χ3v) is 4.54. The minimum atomic E-state index is -0.859. The number of aromatic nitrogens is 4. The second-order valence-corrected chi connectivity index (χ2v) is 6.13. The first-order valence-electron chi connectivity index (χ1n) is 8.52. The highest BCUT2D eigenvalue weighted by atomic mass is 16.5. The van der Waals surface area contributed by atoms with Gasteiger partial charge in [0.25, 0.3) is 5.91 Å². The molecule has 1 amide bonds. The number of carbonyl (C=O) groups is 2. The highest BCUT2D eigenvalue weighted by Gasteiger charge is 2.30. The molecular weight excluding hydrogens is 338 g/mol. The SMILES string of the molecule is CCc1c(C(=O)N2CCC[C@@H](C(=O)O)C2)cnn1-c1ccc(OC)nn1. The Morgan fingerprint density at radius 3 is 2.77 bits per heavy atom. The number of carboxylic acids is 1. The van der Waals surface area contributed by atoms with Gasteiger partial charge < -0.3 is 14.7 Å². The summed E-state index contributed by atoms with van der Waals surface area (Å²) in [5.41, 5.74) is 1.18. The van der Waals surface area contributed by atoms with Crippen molar-refractivity contribution in [2.45, 2.75) is 26.2 Å². The zero-order valence-corrected chi connectivity index (χ0v) is 14.8. The van der Waals surface area contributed by atoms with E-state index in [1.165, 1.54) is 13.3 Å². The summed E-state index contributed by atoms with van der Waals surface area (Å²) >= 11 is 0. The highest BCUT2D eigenvalue weighted by molar-refractivity contribution is 5.95. The van der Waals surface area contributed by atoms with E-state index >= 15 is 0 Å². The molecule has 3 heterocycles. The summed E-state index contributed by atoms with van der Waals surface area (Å²) in [6.45, 7) is 2.71. The third-order valence-electron chi connectivity index (χ3n) is 4.54. The average molecular weight is 359 g/mol. The van der Waals surface area contributed by atoms with Crippen LogP contribution in [0.25, 0.3) is 5.82 Å². The molecule has 1 aliphatic heterocycles. The molecule has 138 valence electrons. The fourth-order valence-corrected chi connectivity index (χ4v) is 3.16. The summed E-state index contributed by atoms with van der Waals surface area (Å²) in [7, 11) is 1.51. The number of piperidine rings is 1. The maximum atomic E-state index is 12.9. The van der Waals surface area contributed by atoms with E-state index in [2.05, 4.69) is 15.3 Å². The van der Waals surface area contributed by atoms with Crippen molar-refractivity contribution in [2.24, 2.45) is 5.92 Å². The lowest BCUT2D eigenvalue weighted by Crippen LogP contribution is -2.42. The molecule has 1 fully saturated rings. The fraction of sp³-hybridized carbons (Fsp3) is 0.471. The van der Waals surface area contributed by atoms with Crippen molar-refractivity contribution in [2.75, 3.05) is 20.2 Å². The van der Waals surface area contributed by atoms with Gasteiger partial charge in [-0.3, -0.25) is 9.59 Å². The topological polar surface area (TPSA) is 110 Å². The van der Waals surface area contributed by atoms with Crippen molar-refractivity contribution in [3.8, 4) is 11.7 Å². The van der Waals surface area contributed by atoms with Crippen LogP contribution in [0.2, 0.25) is 0 Å². The molecule has 2 aromatic rings. The van der Waals surface area contributed by atoms with Crippen molar-refractivity contribution >= 4 is 11.9 Å². The Hall–Kier alpha value is -2.97. The first kappa shape index (κ1) is 17.8. The number of carboxylic acid groups (broad SMARTS) is 1. The van der Waals surface area contributed by atoms with Crippen molar-refractivity contribution in [3.05, 3.63) is 29.6 Å². The number of hydrogen-bond acceptors (Lipinski definition) is 6. The van der Waals surface area contributed by atoms with E-state index in [1.54, 1.807) is 21.7 Å². The van der Waals surface area contributed by atoms with Gasteiger partial charge in [-0.15, -0.1) is 10.2 Å². The van der Waals surface area contributed by atoms with Gasteiger partial charge >= 0.3 is 5.97 Å². The summed E-state index contributed by atoms with van der Waals surface area (Å²) in [6.07, 6.45) is 3.37. The van der Waals surface area contributed by atoms with E-state index in [0.29, 0.717) is 48.8 Å². The molecule has 1 aliphatic rings. The molecule has 26 heavy (non-hydrogen) atoms. The Kier molecular flexibility index (Phi) is 5.15. The van der Waals surface area contributed by atoms with Crippen LogP contribution < -0.4 is 4.74 Å². The number of ether oxygens (including phenoxy) is 1. The maximum Gasteiger partial charge on any atom is 0.308 e. The first-order chi connectivity index (χ1) is 12.5. The number of rotatable bonds is 5. The Morgan fingerprint density at radius 1 is 1.35 bits per heavy atom. The van der Waals surface area contributed by atoms with Crippen LogP contribution in [0.15, 0.2) is 18.3 Å². The standard InChI is InChI=1S/C17H21N5O4/c1-3-13-12(16(23)21-8-4-5-11(10-21)17(24)25)9-18-22(13)14-6-7-15(26-2)20-19-14/h6-7,9,11H,3-5,8,10H2,1-2H3,(H,24,25)/t11-/m1/s1. The van der Waals surface area contributed by atoms with E-state index < -0.39 is 11.9 Å². The van der Waals surface area contributed by atoms with Crippen molar-refractivity contribution in [3.63, 3.8) is 0 Å². The van der Waals surface area contributed by atoms with Crippen molar-refractivity contribution < 1.29 is 19.4 Å². The number of nitrogens with zero attached hydrogens (tertiary/aromatic N) is 5. The Balaban J connectivity index is 1.87. The molecule has 1 atom stereocenters. The molecule has 3 rings (SSSR count). The van der Waals surface area contributed by atoms with Gasteiger partial charge in [-0.2, -0.15) is 5.10 Å². The third kappa shape index (κ3) is 3.37. The monoisotopic (exact) mass is 359 g/mol. The zero-order valence-electron chi connectivity index (χ0n) is 14.8. The number of carbonyl (C=O) groups excluding carboxylic acids is 1. The summed E-state index contributed by atoms with van der Waals surface area (Å²) < 4.78 is 6.58. The lowest BCUT2D eigenvalue weighted by atomic mass is 9.97. The molecular formula is C17H21N5O4. The number of likely N-dealkylation sites (tertiary alicyclic amines) is 1. The van der Waals surface area contributed by atoms with Gasteiger partial charge in [0.2, 0.25) is 5.88 Å². The van der Waals surface area contributed by atoms with Crippen LogP contribution in [0, 0.1) is 5.92 Å². The summed E-state index contributed by atoms with van der Waals surface area (Å²) in [4.78, 5) is 25.8. The van der Waals surface area contributed by atoms with Gasteiger partial charge in [0.15, 0.2) is 5.82 Å². The highest BCUT2D eigenvalue weighted by Crippen LogP contribution is 2.22. The van der Waals surface area contributed by atoms with Gasteiger partial charge in [-0.1, -0.05) is 6.92 Å². The van der Waals surface area contributed by atoms with Gasteiger partial charge in [-0.25, -0.2) is 4.68 Å². The Bertz CT molecular complexity index is 802. The predicted molar refractivity (Wildman–Crippen MR) is 91.3 cm³/mol. The fourth-order valence-electron chi connectivity index (χ4n) is 3.16. The average Bonchev–Trinajstić information content (AvgIpc) is 3.11. The molecule has 2 aromatic heterocycles. The quantitative estimate of drug-likeness (QED) is 0.853. The van der Waals surface area contributed by atoms with Crippen LogP contribution in [0.3, 0.4) is 0 Å². The van der Waals surface area contributed by atoms with E-state index in [9.17, 15) is 14.7 Å². The molecule has 0 spiro atoms. The molecule has 0 saturated carbocycles. The van der Waals surface area contributed by atoms with Gasteiger partial charge in [0, 0.05) is 19.2 Å². The van der Waals surface area contributed by atoms with Crippen LogP contribution in [-0.4, -0.2) is 62.1 Å². The van der Waals surface area contributed by atoms with E-state index in [4.69, 9.17) is 4.74 Å². The minimum Gasteiger partial charge on any atom is -0.481 e. The second-order valence-electron chi connectivity index (χ2n) is 6.13. The van der Waals surface area contributed by atoms with E-state index in [0.717, 1.165) is 0 Å². The molecule has 1 saturated heterocycles. The Labute approximate surface area is 150 Å². The molecule has 0 bridgehead atoms. The zero-order chi connectivity index (χ0) is 18.7. The molecule has 9 heteroatoms. The molecule has 0 aliphatic carbocycles. The maximum absolute atomic E-state index is 12.9. The lowest BCUT2D eigenvalue weighted by molar-refractivity contribution is -0.143. The van der Waals surface area contributed by atoms with Gasteiger partial charge in [0.1, 0.15) is 0 Å². The van der Waals surface area contributed by atoms with Crippen LogP contribution in [0.4, 0.5) is 0 Å². The first-order valence-corrected chi connectivity index (χ1v) is 8.52. The molecule has 0 aromatic carbocycles. The molecule has 0 unspecified atom stereocenters. The van der Waals surface area contributed by atoms with E-state index in [-0.39, 0.29) is 12.5 Å². The van der Waals surface area contributed by atoms with Crippen LogP contribution in [0.1, 0.15) is 35.8 Å². The second kappa shape index (κ2) is 7.51. The predicted octanol–water partition coefficient (Wildman–Crippen LogP) is 1.17. The number of amides is 1. The largest absolute Gasteiger partial charge is 0.481 e. The van der Waals surface area contributed by atoms with E-state index in [1.807, 2.05) is 6.92 Å².